The first-order chi connectivity index (χ1) is 7.64. The summed E-state index contributed by atoms with van der Waals surface area (Å²) >= 11 is 0. The van der Waals surface area contributed by atoms with E-state index in [9.17, 15) is 9.59 Å². The lowest BCUT2D eigenvalue weighted by atomic mass is 9.76. The van der Waals surface area contributed by atoms with Gasteiger partial charge in [0.05, 0.1) is 5.92 Å². The monoisotopic (exact) mass is 243 g/mol. The largest absolute Gasteiger partial charge is 0.480 e. The standard InChI is InChI=1S/C12H21NO4/c1-11(2,3)17-9(14)8-5-4-6-12(13,7-8)10(15)16/h8H,4-7,13H2,1-3H3,(H,15,16)/t8-,12+/m0/s1. The second-order valence-electron chi connectivity index (χ2n) is 5.79. The first kappa shape index (κ1) is 14.0. The van der Waals surface area contributed by atoms with E-state index in [4.69, 9.17) is 15.6 Å². The van der Waals surface area contributed by atoms with E-state index >= 15 is 0 Å². The Labute approximate surface area is 101 Å². The summed E-state index contributed by atoms with van der Waals surface area (Å²) in [5.41, 5.74) is 3.96. The lowest BCUT2D eigenvalue weighted by Crippen LogP contribution is -2.52. The van der Waals surface area contributed by atoms with E-state index in [2.05, 4.69) is 0 Å². The molecule has 2 atom stereocenters. The fourth-order valence-corrected chi connectivity index (χ4v) is 2.09. The highest BCUT2D eigenvalue weighted by atomic mass is 16.6. The molecular formula is C12H21NO4. The van der Waals surface area contributed by atoms with Crippen molar-refractivity contribution in [1.82, 2.24) is 0 Å². The molecule has 0 spiro atoms. The van der Waals surface area contributed by atoms with Crippen LogP contribution in [0.1, 0.15) is 46.5 Å². The van der Waals surface area contributed by atoms with Crippen LogP contribution in [0.3, 0.4) is 0 Å². The van der Waals surface area contributed by atoms with Gasteiger partial charge in [0, 0.05) is 0 Å². The minimum Gasteiger partial charge on any atom is -0.480 e. The second-order valence-corrected chi connectivity index (χ2v) is 5.79. The van der Waals surface area contributed by atoms with Gasteiger partial charge < -0.3 is 15.6 Å². The van der Waals surface area contributed by atoms with Gasteiger partial charge in [0.1, 0.15) is 11.1 Å². The normalized spacial score (nSPS) is 29.8. The smallest absolute Gasteiger partial charge is 0.323 e. The van der Waals surface area contributed by atoms with Crippen LogP contribution in [-0.4, -0.2) is 28.2 Å². The zero-order valence-electron chi connectivity index (χ0n) is 10.7. The number of hydrogen-bond acceptors (Lipinski definition) is 4. The summed E-state index contributed by atoms with van der Waals surface area (Å²) in [7, 11) is 0. The van der Waals surface area contributed by atoms with E-state index in [1.54, 1.807) is 20.8 Å². The summed E-state index contributed by atoms with van der Waals surface area (Å²) < 4.78 is 5.26. The average molecular weight is 243 g/mol. The molecule has 1 aliphatic rings. The molecule has 3 N–H and O–H groups in total. The number of nitrogens with two attached hydrogens (primary N) is 1. The molecule has 0 unspecified atom stereocenters. The Hall–Kier alpha value is -1.10. The maximum Gasteiger partial charge on any atom is 0.323 e. The van der Waals surface area contributed by atoms with Gasteiger partial charge in [-0.25, -0.2) is 0 Å². The van der Waals surface area contributed by atoms with Gasteiger partial charge in [0.15, 0.2) is 0 Å². The predicted molar refractivity (Wildman–Crippen MR) is 62.4 cm³/mol. The van der Waals surface area contributed by atoms with Gasteiger partial charge in [-0.3, -0.25) is 9.59 Å². The molecule has 1 aliphatic carbocycles. The fraction of sp³-hybridized carbons (Fsp3) is 0.833. The van der Waals surface area contributed by atoms with Crippen LogP contribution in [-0.2, 0) is 14.3 Å². The van der Waals surface area contributed by atoms with Gasteiger partial charge in [-0.15, -0.1) is 0 Å². The minimum absolute atomic E-state index is 0.164. The molecule has 0 heterocycles. The summed E-state index contributed by atoms with van der Waals surface area (Å²) in [5.74, 6) is -1.77. The van der Waals surface area contributed by atoms with E-state index in [0.717, 1.165) is 0 Å². The molecule has 5 heteroatoms. The number of rotatable bonds is 2. The van der Waals surface area contributed by atoms with Gasteiger partial charge in [-0.05, 0) is 40.0 Å². The zero-order valence-corrected chi connectivity index (χ0v) is 10.7. The van der Waals surface area contributed by atoms with Crippen LogP contribution in [0, 0.1) is 5.92 Å². The highest BCUT2D eigenvalue weighted by Crippen LogP contribution is 2.32. The van der Waals surface area contributed by atoms with Gasteiger partial charge in [-0.2, -0.15) is 0 Å². The van der Waals surface area contributed by atoms with Gasteiger partial charge in [0.2, 0.25) is 0 Å². The summed E-state index contributed by atoms with van der Waals surface area (Å²) in [6, 6.07) is 0. The topological polar surface area (TPSA) is 89.6 Å². The van der Waals surface area contributed by atoms with Crippen molar-refractivity contribution in [3.05, 3.63) is 0 Å². The lowest BCUT2D eigenvalue weighted by molar-refractivity contribution is -0.163. The average Bonchev–Trinajstić information content (AvgIpc) is 2.15. The Morgan fingerprint density at radius 2 is 2.00 bits per heavy atom. The molecule has 5 nitrogen and oxygen atoms in total. The number of hydrogen-bond donors (Lipinski definition) is 2. The van der Waals surface area contributed by atoms with Crippen molar-refractivity contribution in [3.8, 4) is 0 Å². The quantitative estimate of drug-likeness (QED) is 0.713. The Morgan fingerprint density at radius 1 is 1.41 bits per heavy atom. The number of carbonyl (C=O) groups excluding carboxylic acids is 1. The number of ether oxygens (including phenoxy) is 1. The third-order valence-corrected chi connectivity index (χ3v) is 2.95. The number of carboxylic acid groups (broad SMARTS) is 1. The molecule has 0 aromatic heterocycles. The summed E-state index contributed by atoms with van der Waals surface area (Å²) in [6.45, 7) is 5.38. The highest BCUT2D eigenvalue weighted by molar-refractivity contribution is 5.81. The molecule has 0 aromatic rings. The molecule has 1 saturated carbocycles. The molecule has 0 aromatic carbocycles. The molecule has 0 saturated heterocycles. The number of aliphatic carboxylic acids is 1. The molecule has 0 bridgehead atoms. The molecule has 17 heavy (non-hydrogen) atoms. The molecule has 0 amide bonds. The van der Waals surface area contributed by atoms with Gasteiger partial charge in [0.25, 0.3) is 0 Å². The van der Waals surface area contributed by atoms with Crippen molar-refractivity contribution in [2.24, 2.45) is 11.7 Å². The van der Waals surface area contributed by atoms with E-state index in [1.807, 2.05) is 0 Å². The van der Waals surface area contributed by atoms with Crippen LogP contribution in [0.15, 0.2) is 0 Å². The van der Waals surface area contributed by atoms with Crippen molar-refractivity contribution in [2.75, 3.05) is 0 Å². The van der Waals surface area contributed by atoms with Crippen molar-refractivity contribution in [1.29, 1.82) is 0 Å². The number of carbonyl (C=O) groups is 2. The maximum absolute atomic E-state index is 11.9. The predicted octanol–water partition coefficient (Wildman–Crippen LogP) is 1.30. The van der Waals surface area contributed by atoms with Crippen LogP contribution in [0.5, 0.6) is 0 Å². The summed E-state index contributed by atoms with van der Waals surface area (Å²) in [4.78, 5) is 22.9. The molecular weight excluding hydrogens is 222 g/mol. The highest BCUT2D eigenvalue weighted by Gasteiger charge is 2.42. The van der Waals surface area contributed by atoms with Crippen LogP contribution < -0.4 is 5.73 Å². The first-order valence-corrected chi connectivity index (χ1v) is 5.89. The SMILES string of the molecule is CC(C)(C)OC(=O)[C@H]1CCC[C@](N)(C(=O)O)C1. The first-order valence-electron chi connectivity index (χ1n) is 5.89. The van der Waals surface area contributed by atoms with E-state index in [-0.39, 0.29) is 12.4 Å². The number of esters is 1. The number of carboxylic acids is 1. The minimum atomic E-state index is -1.28. The Kier molecular flexibility index (Phi) is 3.81. The Morgan fingerprint density at radius 3 is 2.47 bits per heavy atom. The third kappa shape index (κ3) is 3.70. The Bertz CT molecular complexity index is 321. The maximum atomic E-state index is 11.9. The lowest BCUT2D eigenvalue weighted by Gasteiger charge is -2.34. The molecule has 0 aliphatic heterocycles. The van der Waals surface area contributed by atoms with Crippen molar-refractivity contribution < 1.29 is 19.4 Å². The van der Waals surface area contributed by atoms with Gasteiger partial charge in [-0.1, -0.05) is 6.42 Å². The van der Waals surface area contributed by atoms with Crippen LogP contribution >= 0.6 is 0 Å². The zero-order chi connectivity index (χ0) is 13.3. The third-order valence-electron chi connectivity index (χ3n) is 2.95. The molecule has 0 radical (unpaired) electrons. The summed E-state index contributed by atoms with van der Waals surface area (Å²) in [5, 5.41) is 9.05. The van der Waals surface area contributed by atoms with Crippen LogP contribution in [0.25, 0.3) is 0 Å². The van der Waals surface area contributed by atoms with Crippen molar-refractivity contribution in [3.63, 3.8) is 0 Å². The molecule has 1 fully saturated rings. The van der Waals surface area contributed by atoms with Gasteiger partial charge >= 0.3 is 11.9 Å². The van der Waals surface area contributed by atoms with Crippen molar-refractivity contribution in [2.45, 2.75) is 57.6 Å². The van der Waals surface area contributed by atoms with E-state index < -0.39 is 23.0 Å². The van der Waals surface area contributed by atoms with Crippen molar-refractivity contribution >= 4 is 11.9 Å². The fourth-order valence-electron chi connectivity index (χ4n) is 2.09. The molecule has 1 rings (SSSR count). The van der Waals surface area contributed by atoms with Crippen LogP contribution in [0.2, 0.25) is 0 Å². The van der Waals surface area contributed by atoms with Crippen LogP contribution in [0.4, 0.5) is 0 Å². The Balaban J connectivity index is 2.67. The van der Waals surface area contributed by atoms with E-state index in [0.29, 0.717) is 19.3 Å². The summed E-state index contributed by atoms with van der Waals surface area (Å²) in [6.07, 6.45) is 1.88. The van der Waals surface area contributed by atoms with E-state index in [1.165, 1.54) is 0 Å². The molecule has 98 valence electrons. The second kappa shape index (κ2) is 4.64.